The molecule has 3 N–H and O–H groups in total. The Balaban J connectivity index is 1.55. The standard InChI is InChI=1S/C18H17FN4O2/c19-12-3-1-11(2-4-12)17-22-14-6-5-13(9-15(14)23-17)21-18(24)16-10-20-7-8-25-16/h1-6,9,16,20H,7-8,10H2,(H,21,24)(H,22,23)/t16-/m1/s1. The van der Waals surface area contributed by atoms with Gasteiger partial charge in [0.1, 0.15) is 17.7 Å². The lowest BCUT2D eigenvalue weighted by Gasteiger charge is -2.22. The fraction of sp³-hybridized carbons (Fsp3) is 0.222. The van der Waals surface area contributed by atoms with Crippen LogP contribution in [0.5, 0.6) is 0 Å². The second-order valence-electron chi connectivity index (χ2n) is 5.88. The van der Waals surface area contributed by atoms with Crippen molar-refractivity contribution in [1.29, 1.82) is 0 Å². The van der Waals surface area contributed by atoms with Crippen LogP contribution in [-0.4, -0.2) is 41.7 Å². The zero-order valence-electron chi connectivity index (χ0n) is 13.4. The number of fused-ring (bicyclic) bond motifs is 1. The molecule has 4 rings (SSSR count). The number of amides is 1. The average Bonchev–Trinajstić information content (AvgIpc) is 3.06. The summed E-state index contributed by atoms with van der Waals surface area (Å²) in [7, 11) is 0. The summed E-state index contributed by atoms with van der Waals surface area (Å²) >= 11 is 0. The summed E-state index contributed by atoms with van der Waals surface area (Å²) in [6, 6.07) is 11.6. The van der Waals surface area contributed by atoms with Gasteiger partial charge in [-0.25, -0.2) is 9.37 Å². The van der Waals surface area contributed by atoms with Gasteiger partial charge in [-0.15, -0.1) is 0 Å². The van der Waals surface area contributed by atoms with Gasteiger partial charge in [-0.3, -0.25) is 4.79 Å². The molecule has 0 bridgehead atoms. The monoisotopic (exact) mass is 340 g/mol. The van der Waals surface area contributed by atoms with E-state index < -0.39 is 6.10 Å². The Hall–Kier alpha value is -2.77. The van der Waals surface area contributed by atoms with Gasteiger partial charge in [-0.05, 0) is 42.5 Å². The number of halogens is 1. The first-order chi connectivity index (χ1) is 12.2. The number of imidazole rings is 1. The van der Waals surface area contributed by atoms with E-state index in [0.717, 1.165) is 23.1 Å². The van der Waals surface area contributed by atoms with E-state index in [9.17, 15) is 9.18 Å². The van der Waals surface area contributed by atoms with Gasteiger partial charge in [-0.2, -0.15) is 0 Å². The predicted molar refractivity (Wildman–Crippen MR) is 92.7 cm³/mol. The molecule has 1 amide bonds. The highest BCUT2D eigenvalue weighted by Crippen LogP contribution is 2.23. The molecule has 2 heterocycles. The first-order valence-corrected chi connectivity index (χ1v) is 8.08. The van der Waals surface area contributed by atoms with Gasteiger partial charge >= 0.3 is 0 Å². The van der Waals surface area contributed by atoms with E-state index in [1.54, 1.807) is 18.2 Å². The maximum Gasteiger partial charge on any atom is 0.254 e. The summed E-state index contributed by atoms with van der Waals surface area (Å²) in [5, 5.41) is 5.99. The summed E-state index contributed by atoms with van der Waals surface area (Å²) < 4.78 is 18.5. The van der Waals surface area contributed by atoms with Crippen molar-refractivity contribution in [2.45, 2.75) is 6.10 Å². The molecule has 1 aliphatic rings. The average molecular weight is 340 g/mol. The maximum absolute atomic E-state index is 13.0. The number of hydrogen-bond acceptors (Lipinski definition) is 4. The number of anilines is 1. The van der Waals surface area contributed by atoms with Crippen LogP contribution >= 0.6 is 0 Å². The molecule has 1 aromatic heterocycles. The van der Waals surface area contributed by atoms with Gasteiger partial charge in [0, 0.05) is 24.3 Å². The minimum absolute atomic E-state index is 0.176. The van der Waals surface area contributed by atoms with Crippen LogP contribution in [-0.2, 0) is 9.53 Å². The number of carbonyl (C=O) groups is 1. The largest absolute Gasteiger partial charge is 0.366 e. The second kappa shape index (κ2) is 6.62. The van der Waals surface area contributed by atoms with Crippen LogP contribution in [0.4, 0.5) is 10.1 Å². The highest BCUT2D eigenvalue weighted by Gasteiger charge is 2.21. The molecule has 128 valence electrons. The van der Waals surface area contributed by atoms with Crippen molar-refractivity contribution in [2.24, 2.45) is 0 Å². The van der Waals surface area contributed by atoms with Crippen molar-refractivity contribution < 1.29 is 13.9 Å². The lowest BCUT2D eigenvalue weighted by molar-refractivity contribution is -0.128. The van der Waals surface area contributed by atoms with Crippen molar-refractivity contribution in [3.63, 3.8) is 0 Å². The van der Waals surface area contributed by atoms with E-state index in [4.69, 9.17) is 4.74 Å². The number of hydrogen-bond donors (Lipinski definition) is 3. The molecular weight excluding hydrogens is 323 g/mol. The lowest BCUT2D eigenvalue weighted by Crippen LogP contribution is -2.45. The molecule has 3 aromatic rings. The fourth-order valence-electron chi connectivity index (χ4n) is 2.79. The van der Waals surface area contributed by atoms with Gasteiger partial charge in [-0.1, -0.05) is 0 Å². The molecule has 0 unspecified atom stereocenters. The van der Waals surface area contributed by atoms with Crippen LogP contribution in [0.1, 0.15) is 0 Å². The van der Waals surface area contributed by atoms with E-state index in [-0.39, 0.29) is 11.7 Å². The normalized spacial score (nSPS) is 17.6. The van der Waals surface area contributed by atoms with E-state index in [0.29, 0.717) is 24.7 Å². The summed E-state index contributed by atoms with van der Waals surface area (Å²) in [5.41, 5.74) is 3.03. The zero-order chi connectivity index (χ0) is 17.2. The number of morpholine rings is 1. The molecule has 1 fully saturated rings. The van der Waals surface area contributed by atoms with Crippen LogP contribution in [0.2, 0.25) is 0 Å². The van der Waals surface area contributed by atoms with Crippen molar-refractivity contribution in [1.82, 2.24) is 15.3 Å². The molecule has 0 spiro atoms. The Morgan fingerprint density at radius 2 is 2.08 bits per heavy atom. The van der Waals surface area contributed by atoms with E-state index in [2.05, 4.69) is 20.6 Å². The Morgan fingerprint density at radius 1 is 1.24 bits per heavy atom. The number of aromatic nitrogens is 2. The molecule has 1 saturated heterocycles. The zero-order valence-corrected chi connectivity index (χ0v) is 13.4. The van der Waals surface area contributed by atoms with Gasteiger partial charge in [0.05, 0.1) is 17.6 Å². The summed E-state index contributed by atoms with van der Waals surface area (Å²) in [6.07, 6.45) is -0.485. The first kappa shape index (κ1) is 15.7. The van der Waals surface area contributed by atoms with E-state index in [1.165, 1.54) is 12.1 Å². The van der Waals surface area contributed by atoms with Crippen LogP contribution in [0.15, 0.2) is 42.5 Å². The maximum atomic E-state index is 13.0. The van der Waals surface area contributed by atoms with Crippen LogP contribution in [0.25, 0.3) is 22.4 Å². The first-order valence-electron chi connectivity index (χ1n) is 8.08. The molecule has 25 heavy (non-hydrogen) atoms. The number of nitrogens with one attached hydrogen (secondary N) is 3. The Labute approximate surface area is 143 Å². The number of carbonyl (C=O) groups excluding carboxylic acids is 1. The topological polar surface area (TPSA) is 79.0 Å². The van der Waals surface area contributed by atoms with Gasteiger partial charge < -0.3 is 20.4 Å². The van der Waals surface area contributed by atoms with Crippen molar-refractivity contribution >= 4 is 22.6 Å². The van der Waals surface area contributed by atoms with Crippen molar-refractivity contribution in [2.75, 3.05) is 25.0 Å². The highest BCUT2D eigenvalue weighted by molar-refractivity contribution is 5.96. The molecule has 1 atom stereocenters. The minimum Gasteiger partial charge on any atom is -0.366 e. The number of H-pyrrole nitrogens is 1. The van der Waals surface area contributed by atoms with Crippen LogP contribution < -0.4 is 10.6 Å². The molecule has 0 aliphatic carbocycles. The lowest BCUT2D eigenvalue weighted by atomic mass is 10.2. The fourth-order valence-corrected chi connectivity index (χ4v) is 2.79. The number of nitrogens with zero attached hydrogens (tertiary/aromatic N) is 1. The van der Waals surface area contributed by atoms with E-state index in [1.807, 2.05) is 12.1 Å². The second-order valence-corrected chi connectivity index (χ2v) is 5.88. The van der Waals surface area contributed by atoms with Crippen molar-refractivity contribution in [3.8, 4) is 11.4 Å². The molecule has 7 heteroatoms. The number of aromatic amines is 1. The predicted octanol–water partition coefficient (Wildman–Crippen LogP) is 2.30. The van der Waals surface area contributed by atoms with Gasteiger partial charge in [0.15, 0.2) is 0 Å². The van der Waals surface area contributed by atoms with Gasteiger partial charge in [0.25, 0.3) is 5.91 Å². The minimum atomic E-state index is -0.485. The summed E-state index contributed by atoms with van der Waals surface area (Å²) in [5.74, 6) is 0.187. The Morgan fingerprint density at radius 3 is 2.84 bits per heavy atom. The SMILES string of the molecule is O=C(Nc1ccc2nc(-c3ccc(F)cc3)[nH]c2c1)[C@H]1CNCCO1. The van der Waals surface area contributed by atoms with Crippen LogP contribution in [0.3, 0.4) is 0 Å². The molecule has 2 aromatic carbocycles. The third kappa shape index (κ3) is 3.38. The quantitative estimate of drug-likeness (QED) is 0.684. The Bertz CT molecular complexity index is 901. The molecule has 0 radical (unpaired) electrons. The number of ether oxygens (including phenoxy) is 1. The van der Waals surface area contributed by atoms with Crippen LogP contribution in [0, 0.1) is 5.82 Å². The summed E-state index contributed by atoms with van der Waals surface area (Å²) in [6.45, 7) is 1.79. The third-order valence-corrected chi connectivity index (χ3v) is 4.09. The molecule has 6 nitrogen and oxygen atoms in total. The van der Waals surface area contributed by atoms with Crippen molar-refractivity contribution in [3.05, 3.63) is 48.3 Å². The number of rotatable bonds is 3. The summed E-state index contributed by atoms with van der Waals surface area (Å²) in [4.78, 5) is 19.9. The third-order valence-electron chi connectivity index (χ3n) is 4.09. The van der Waals surface area contributed by atoms with E-state index >= 15 is 0 Å². The molecular formula is C18H17FN4O2. The highest BCUT2D eigenvalue weighted by atomic mass is 19.1. The van der Waals surface area contributed by atoms with Gasteiger partial charge in [0.2, 0.25) is 0 Å². The number of benzene rings is 2. The molecule has 0 saturated carbocycles. The smallest absolute Gasteiger partial charge is 0.254 e. The Kier molecular flexibility index (Phi) is 4.17. The molecule has 1 aliphatic heterocycles.